The first-order valence-electron chi connectivity index (χ1n) is 15.0. The van der Waals surface area contributed by atoms with Crippen LogP contribution in [0, 0.1) is 6.92 Å². The normalized spacial score (nSPS) is 23.9. The highest BCUT2D eigenvalue weighted by Gasteiger charge is 2.51. The highest BCUT2D eigenvalue weighted by Crippen LogP contribution is 2.37. The lowest BCUT2D eigenvalue weighted by molar-refractivity contribution is -0.147. The van der Waals surface area contributed by atoms with Crippen LogP contribution in [0.5, 0.6) is 6.01 Å². The summed E-state index contributed by atoms with van der Waals surface area (Å²) in [5, 5.41) is 13.4. The molecule has 2 aromatic carbocycles. The molecule has 3 fully saturated rings. The second-order valence-corrected chi connectivity index (χ2v) is 11.9. The minimum Gasteiger partial charge on any atom is -0.447 e. The molecule has 3 saturated heterocycles. The van der Waals surface area contributed by atoms with E-state index in [2.05, 4.69) is 53.1 Å². The van der Waals surface area contributed by atoms with Gasteiger partial charge in [-0.1, -0.05) is 30.3 Å². The molecule has 226 valence electrons. The van der Waals surface area contributed by atoms with Crippen molar-refractivity contribution in [3.63, 3.8) is 0 Å². The average molecular weight is 589 g/mol. The van der Waals surface area contributed by atoms with E-state index in [1.54, 1.807) is 4.90 Å². The van der Waals surface area contributed by atoms with E-state index in [0.717, 1.165) is 30.0 Å². The third-order valence-corrected chi connectivity index (χ3v) is 9.16. The van der Waals surface area contributed by atoms with E-state index in [-0.39, 0.29) is 31.4 Å². The number of halogens is 1. The van der Waals surface area contributed by atoms with Gasteiger partial charge in [0, 0.05) is 68.4 Å². The molecule has 0 radical (unpaired) electrons. The van der Waals surface area contributed by atoms with Crippen molar-refractivity contribution in [2.45, 2.75) is 38.1 Å². The number of carbonyl (C=O) groups excluding carboxylic acids is 1. The predicted molar refractivity (Wildman–Crippen MR) is 161 cm³/mol. The maximum Gasteiger partial charge on any atom is 0.320 e. The van der Waals surface area contributed by atoms with Crippen molar-refractivity contribution in [3.05, 3.63) is 65.4 Å². The average Bonchev–Trinajstić information content (AvgIpc) is 3.57. The number of aryl methyl sites for hydroxylation is 1. The van der Waals surface area contributed by atoms with Crippen LogP contribution in [-0.4, -0.2) is 102 Å². The Kier molecular flexibility index (Phi) is 7.40. The summed E-state index contributed by atoms with van der Waals surface area (Å²) in [6.07, 6.45) is 3.93. The van der Waals surface area contributed by atoms with Crippen molar-refractivity contribution in [1.29, 1.82) is 0 Å². The molecule has 1 aromatic heterocycles. The molecule has 0 unspecified atom stereocenters. The molecule has 5 heterocycles. The molecule has 4 aliphatic rings. The van der Waals surface area contributed by atoms with Crippen LogP contribution in [0.15, 0.2) is 48.6 Å². The van der Waals surface area contributed by atoms with Gasteiger partial charge in [0.05, 0.1) is 24.9 Å². The number of morpholine rings is 1. The van der Waals surface area contributed by atoms with E-state index in [0.29, 0.717) is 45.7 Å². The van der Waals surface area contributed by atoms with Crippen LogP contribution < -0.4 is 14.5 Å². The number of piperazine rings is 1. The fourth-order valence-electron chi connectivity index (χ4n) is 6.87. The van der Waals surface area contributed by atoms with E-state index in [4.69, 9.17) is 19.4 Å². The van der Waals surface area contributed by atoms with Crippen molar-refractivity contribution in [2.24, 2.45) is 0 Å². The van der Waals surface area contributed by atoms with Crippen molar-refractivity contribution in [3.8, 4) is 6.01 Å². The number of alkyl halides is 1. The molecule has 4 aliphatic heterocycles. The summed E-state index contributed by atoms with van der Waals surface area (Å²) >= 11 is 0. The largest absolute Gasteiger partial charge is 0.447 e. The predicted octanol–water partition coefficient (Wildman–Crippen LogP) is 2.80. The van der Waals surface area contributed by atoms with Gasteiger partial charge in [-0.3, -0.25) is 4.79 Å². The molecule has 1 N–H and O–H groups in total. The number of benzene rings is 2. The zero-order valence-corrected chi connectivity index (χ0v) is 24.4. The molecule has 0 aliphatic carbocycles. The number of anilines is 2. The summed E-state index contributed by atoms with van der Waals surface area (Å²) in [5.74, 6) is 0.666. The van der Waals surface area contributed by atoms with Crippen LogP contribution in [0.3, 0.4) is 0 Å². The minimum atomic E-state index is -1.01. The number of carbonyl (C=O) groups is 1. The van der Waals surface area contributed by atoms with Crippen LogP contribution in [0.4, 0.5) is 15.9 Å². The SMILES string of the molecule is Cc1cccc2cccc(N3CCc4c(nc(OCN5C[C@@H]6C[C@@]5(O)CO6)nc4N4CCN(C(=O)/C=C/CF)CC4)C3)c12. The number of hydrogen-bond donors (Lipinski definition) is 1. The van der Waals surface area contributed by atoms with Crippen LogP contribution in [0.2, 0.25) is 0 Å². The number of hydrogen-bond acceptors (Lipinski definition) is 9. The maximum absolute atomic E-state index is 12.5. The van der Waals surface area contributed by atoms with E-state index < -0.39 is 12.4 Å². The van der Waals surface area contributed by atoms with E-state index in [1.165, 1.54) is 34.2 Å². The van der Waals surface area contributed by atoms with Crippen molar-refractivity contribution < 1.29 is 23.8 Å². The summed E-state index contributed by atoms with van der Waals surface area (Å²) in [7, 11) is 0. The number of allylic oxidation sites excluding steroid dienone is 1. The Bertz CT molecular complexity index is 1560. The molecule has 2 atom stereocenters. The Hall–Kier alpha value is -3.80. The maximum atomic E-state index is 12.5. The van der Waals surface area contributed by atoms with Crippen LogP contribution in [-0.2, 0) is 22.5 Å². The molecule has 3 aromatic rings. The van der Waals surface area contributed by atoms with Gasteiger partial charge in [0.1, 0.15) is 24.9 Å². The van der Waals surface area contributed by atoms with Gasteiger partial charge in [-0.2, -0.15) is 9.97 Å². The Morgan fingerprint density at radius 3 is 2.70 bits per heavy atom. The first-order chi connectivity index (χ1) is 20.9. The smallest absolute Gasteiger partial charge is 0.320 e. The van der Waals surface area contributed by atoms with Crippen LogP contribution in [0.25, 0.3) is 10.8 Å². The first-order valence-corrected chi connectivity index (χ1v) is 15.0. The van der Waals surface area contributed by atoms with Crippen molar-refractivity contribution in [2.75, 3.05) is 69.1 Å². The summed E-state index contributed by atoms with van der Waals surface area (Å²) in [5.41, 5.74) is 3.44. The molecule has 1 amide bonds. The van der Waals surface area contributed by atoms with E-state index in [9.17, 15) is 14.3 Å². The van der Waals surface area contributed by atoms with Crippen molar-refractivity contribution in [1.82, 2.24) is 19.8 Å². The van der Waals surface area contributed by atoms with Gasteiger partial charge in [0.15, 0.2) is 0 Å². The van der Waals surface area contributed by atoms with Gasteiger partial charge in [-0.05, 0) is 36.4 Å². The summed E-state index contributed by atoms with van der Waals surface area (Å²) in [4.78, 5) is 30.5. The molecule has 10 nitrogen and oxygen atoms in total. The zero-order chi connectivity index (χ0) is 29.6. The lowest BCUT2D eigenvalue weighted by Gasteiger charge is -2.38. The summed E-state index contributed by atoms with van der Waals surface area (Å²) in [6, 6.07) is 13.1. The number of nitrogens with zero attached hydrogens (tertiary/aromatic N) is 6. The number of amides is 1. The number of aromatic nitrogens is 2. The molecular weight excluding hydrogens is 551 g/mol. The third kappa shape index (κ3) is 5.30. The fourth-order valence-corrected chi connectivity index (χ4v) is 6.87. The first kappa shape index (κ1) is 28.0. The molecule has 11 heteroatoms. The summed E-state index contributed by atoms with van der Waals surface area (Å²) in [6.45, 7) is 6.25. The highest BCUT2D eigenvalue weighted by molar-refractivity contribution is 5.97. The van der Waals surface area contributed by atoms with Crippen molar-refractivity contribution >= 4 is 28.2 Å². The second-order valence-electron chi connectivity index (χ2n) is 11.9. The highest BCUT2D eigenvalue weighted by atomic mass is 19.1. The molecule has 43 heavy (non-hydrogen) atoms. The van der Waals surface area contributed by atoms with Crippen LogP contribution in [0.1, 0.15) is 23.2 Å². The number of ether oxygens (including phenoxy) is 2. The third-order valence-electron chi connectivity index (χ3n) is 9.16. The standard InChI is InChI=1S/C32H37FN6O4/c1-22-5-2-6-23-7-3-8-27(29(22)23)38-12-10-25-26(19-38)34-31(43-21-39-18-24-17-32(39,41)20-42-24)35-30(25)37-15-13-36(14-16-37)28(40)9-4-11-33/h2-9,24,41H,10-21H2,1H3/b9-4+/t24-,32+/m0/s1. The quantitative estimate of drug-likeness (QED) is 0.418. The van der Waals surface area contributed by atoms with Gasteiger partial charge < -0.3 is 29.3 Å². The lowest BCUT2D eigenvalue weighted by Crippen LogP contribution is -2.50. The summed E-state index contributed by atoms with van der Waals surface area (Å²) < 4.78 is 24.3. The zero-order valence-electron chi connectivity index (χ0n) is 24.4. The van der Waals surface area contributed by atoms with Gasteiger partial charge in [0.2, 0.25) is 5.91 Å². The number of rotatable bonds is 7. The van der Waals surface area contributed by atoms with Gasteiger partial charge in [0.25, 0.3) is 0 Å². The minimum absolute atomic E-state index is 0.0186. The Morgan fingerprint density at radius 1 is 1.14 bits per heavy atom. The second kappa shape index (κ2) is 11.4. The fraction of sp³-hybridized carbons (Fsp3) is 0.469. The lowest BCUT2D eigenvalue weighted by atomic mass is 9.99. The molecule has 2 bridgehead atoms. The molecule has 7 rings (SSSR count). The number of aliphatic hydroxyl groups is 1. The van der Waals surface area contributed by atoms with E-state index >= 15 is 0 Å². The molecule has 0 spiro atoms. The Balaban J connectivity index is 1.17. The van der Waals surface area contributed by atoms with Gasteiger partial charge in [-0.15, -0.1) is 0 Å². The van der Waals surface area contributed by atoms with Gasteiger partial charge >= 0.3 is 6.01 Å². The van der Waals surface area contributed by atoms with Gasteiger partial charge in [-0.25, -0.2) is 9.29 Å². The topological polar surface area (TPSA) is 94.5 Å². The monoisotopic (exact) mass is 588 g/mol. The Labute approximate surface area is 250 Å². The number of likely N-dealkylation sites (tertiary alicyclic amines) is 1. The number of fused-ring (bicyclic) bond motifs is 4. The van der Waals surface area contributed by atoms with E-state index in [1.807, 2.05) is 4.90 Å². The molecule has 0 saturated carbocycles. The van der Waals surface area contributed by atoms with Crippen LogP contribution >= 0.6 is 0 Å². The molecular formula is C32H37FN6O4. The Morgan fingerprint density at radius 2 is 1.95 bits per heavy atom.